The van der Waals surface area contributed by atoms with E-state index < -0.39 is 33.2 Å². The van der Waals surface area contributed by atoms with Gasteiger partial charge in [-0.15, -0.1) is 0 Å². The van der Waals surface area contributed by atoms with Gasteiger partial charge in [-0.25, -0.2) is 13.2 Å². The molecule has 0 unspecified atom stereocenters. The number of rotatable bonds is 6. The van der Waals surface area contributed by atoms with Gasteiger partial charge in [-0.3, -0.25) is 4.79 Å². The van der Waals surface area contributed by atoms with Crippen LogP contribution in [0.15, 0.2) is 59.5 Å². The fraction of sp³-hybridized carbons (Fsp3) is 0.333. The first-order chi connectivity index (χ1) is 13.0. The zero-order valence-electron chi connectivity index (χ0n) is 16.4. The van der Waals surface area contributed by atoms with Crippen molar-refractivity contribution in [3.05, 3.63) is 65.7 Å². The second-order valence-electron chi connectivity index (χ2n) is 7.57. The highest BCUT2D eigenvalue weighted by atomic mass is 32.2. The highest BCUT2D eigenvalue weighted by molar-refractivity contribution is 7.90. The number of hydrogen-bond acceptors (Lipinski definition) is 5. The van der Waals surface area contributed by atoms with Crippen molar-refractivity contribution in [3.63, 3.8) is 0 Å². The molecule has 1 N–H and O–H groups in total. The molecule has 1 amide bonds. The largest absolute Gasteiger partial charge is 0.467 e. The zero-order valence-corrected chi connectivity index (χ0v) is 17.2. The minimum atomic E-state index is -3.53. The number of esters is 1. The van der Waals surface area contributed by atoms with Crippen molar-refractivity contribution < 1.29 is 22.7 Å². The summed E-state index contributed by atoms with van der Waals surface area (Å²) in [6.45, 7) is 5.45. The van der Waals surface area contributed by atoms with Crippen molar-refractivity contribution in [2.24, 2.45) is 5.41 Å². The van der Waals surface area contributed by atoms with Gasteiger partial charge in [0, 0.05) is 5.56 Å². The SMILES string of the molecule is COC(=O)[C@@H](NC(=O)c1cccc(CS(=O)(=O)c2ccccc2)c1)C(C)(C)C. The summed E-state index contributed by atoms with van der Waals surface area (Å²) in [5.41, 5.74) is 0.220. The third-order valence-electron chi connectivity index (χ3n) is 4.23. The predicted molar refractivity (Wildman–Crippen MR) is 106 cm³/mol. The molecule has 0 aliphatic rings. The van der Waals surface area contributed by atoms with E-state index in [1.807, 2.05) is 20.8 Å². The number of sulfone groups is 1. The Morgan fingerprint density at radius 3 is 2.25 bits per heavy atom. The summed E-state index contributed by atoms with van der Waals surface area (Å²) in [7, 11) is -2.26. The van der Waals surface area contributed by atoms with Crippen molar-refractivity contribution in [3.8, 4) is 0 Å². The minimum absolute atomic E-state index is 0.224. The van der Waals surface area contributed by atoms with Gasteiger partial charge in [-0.1, -0.05) is 51.1 Å². The number of hydrogen-bond donors (Lipinski definition) is 1. The lowest BCUT2D eigenvalue weighted by atomic mass is 9.86. The number of ether oxygens (including phenoxy) is 1. The lowest BCUT2D eigenvalue weighted by Gasteiger charge is -2.29. The van der Waals surface area contributed by atoms with Crippen LogP contribution in [0.25, 0.3) is 0 Å². The average Bonchev–Trinajstić information content (AvgIpc) is 2.65. The molecule has 0 bridgehead atoms. The third kappa shape index (κ3) is 5.42. The number of carbonyl (C=O) groups excluding carboxylic acids is 2. The third-order valence-corrected chi connectivity index (χ3v) is 5.93. The molecule has 0 aliphatic carbocycles. The van der Waals surface area contributed by atoms with Crippen molar-refractivity contribution in [2.45, 2.75) is 37.5 Å². The molecule has 150 valence electrons. The molecule has 6 nitrogen and oxygen atoms in total. The second kappa shape index (κ2) is 8.56. The fourth-order valence-corrected chi connectivity index (χ4v) is 4.05. The number of carbonyl (C=O) groups is 2. The molecule has 0 radical (unpaired) electrons. The molecular weight excluding hydrogens is 378 g/mol. The van der Waals surface area contributed by atoms with Gasteiger partial charge in [0.05, 0.1) is 17.8 Å². The highest BCUT2D eigenvalue weighted by Gasteiger charge is 2.33. The van der Waals surface area contributed by atoms with Gasteiger partial charge < -0.3 is 10.1 Å². The zero-order chi connectivity index (χ0) is 20.9. The van der Waals surface area contributed by atoms with Gasteiger partial charge in [0.25, 0.3) is 5.91 Å². The summed E-state index contributed by atoms with van der Waals surface area (Å²) >= 11 is 0. The number of amides is 1. The van der Waals surface area contributed by atoms with Crippen LogP contribution in [0.5, 0.6) is 0 Å². The minimum Gasteiger partial charge on any atom is -0.467 e. The molecule has 0 spiro atoms. The first-order valence-electron chi connectivity index (χ1n) is 8.80. The van der Waals surface area contributed by atoms with Crippen LogP contribution in [0.2, 0.25) is 0 Å². The highest BCUT2D eigenvalue weighted by Crippen LogP contribution is 2.21. The Bertz CT molecular complexity index is 946. The quantitative estimate of drug-likeness (QED) is 0.749. The Morgan fingerprint density at radius 2 is 1.68 bits per heavy atom. The summed E-state index contributed by atoms with van der Waals surface area (Å²) in [4.78, 5) is 24.9. The van der Waals surface area contributed by atoms with E-state index >= 15 is 0 Å². The van der Waals surface area contributed by atoms with Gasteiger partial charge in [-0.2, -0.15) is 0 Å². The van der Waals surface area contributed by atoms with E-state index in [0.29, 0.717) is 5.56 Å². The van der Waals surface area contributed by atoms with E-state index in [4.69, 9.17) is 4.74 Å². The molecule has 0 aliphatic heterocycles. The molecule has 0 heterocycles. The number of methoxy groups -OCH3 is 1. The fourth-order valence-electron chi connectivity index (χ4n) is 2.69. The molecular formula is C21H25NO5S. The van der Waals surface area contributed by atoms with Crippen molar-refractivity contribution in [2.75, 3.05) is 7.11 Å². The summed E-state index contributed by atoms with van der Waals surface area (Å²) in [6.07, 6.45) is 0. The van der Waals surface area contributed by atoms with Crippen molar-refractivity contribution >= 4 is 21.7 Å². The van der Waals surface area contributed by atoms with E-state index in [1.54, 1.807) is 36.4 Å². The molecule has 2 rings (SSSR count). The van der Waals surface area contributed by atoms with E-state index in [2.05, 4.69) is 5.32 Å². The molecule has 28 heavy (non-hydrogen) atoms. The molecule has 0 saturated carbocycles. The Balaban J connectivity index is 2.22. The first kappa shape index (κ1) is 21.6. The maximum Gasteiger partial charge on any atom is 0.328 e. The number of nitrogens with one attached hydrogen (secondary N) is 1. The Hall–Kier alpha value is -2.67. The van der Waals surface area contributed by atoms with E-state index in [1.165, 1.54) is 25.3 Å². The molecule has 0 saturated heterocycles. The topological polar surface area (TPSA) is 89.5 Å². The van der Waals surface area contributed by atoms with Crippen LogP contribution in [0.1, 0.15) is 36.7 Å². The summed E-state index contributed by atoms with van der Waals surface area (Å²) in [5.74, 6) is -1.23. The Labute approximate surface area is 165 Å². The Morgan fingerprint density at radius 1 is 1.04 bits per heavy atom. The predicted octanol–water partition coefficient (Wildman–Crippen LogP) is 2.98. The average molecular weight is 404 g/mol. The van der Waals surface area contributed by atoms with E-state index in [9.17, 15) is 18.0 Å². The molecule has 0 aromatic heterocycles. The van der Waals surface area contributed by atoms with Crippen LogP contribution < -0.4 is 5.32 Å². The summed E-state index contributed by atoms with van der Waals surface area (Å²) < 4.78 is 29.9. The maximum absolute atomic E-state index is 12.6. The van der Waals surface area contributed by atoms with Gasteiger partial charge in [0.2, 0.25) is 0 Å². The van der Waals surface area contributed by atoms with Crippen LogP contribution >= 0.6 is 0 Å². The molecule has 1 atom stereocenters. The van der Waals surface area contributed by atoms with Crippen LogP contribution in [0, 0.1) is 5.41 Å². The lowest BCUT2D eigenvalue weighted by molar-refractivity contribution is -0.145. The van der Waals surface area contributed by atoms with Gasteiger partial charge >= 0.3 is 5.97 Å². The smallest absolute Gasteiger partial charge is 0.328 e. The Kier molecular flexibility index (Phi) is 6.61. The first-order valence-corrected chi connectivity index (χ1v) is 10.5. The van der Waals surface area contributed by atoms with E-state index in [0.717, 1.165) is 0 Å². The maximum atomic E-state index is 12.6. The molecule has 0 fully saturated rings. The van der Waals surface area contributed by atoms with Gasteiger partial charge in [0.1, 0.15) is 6.04 Å². The van der Waals surface area contributed by atoms with Crippen LogP contribution in [0.3, 0.4) is 0 Å². The van der Waals surface area contributed by atoms with Gasteiger partial charge in [-0.05, 0) is 35.2 Å². The van der Waals surface area contributed by atoms with Crippen molar-refractivity contribution in [1.29, 1.82) is 0 Å². The van der Waals surface area contributed by atoms with Crippen LogP contribution in [-0.2, 0) is 25.1 Å². The lowest BCUT2D eigenvalue weighted by Crippen LogP contribution is -2.49. The normalized spacial score (nSPS) is 12.9. The molecule has 2 aromatic carbocycles. The monoisotopic (exact) mass is 403 g/mol. The number of benzene rings is 2. The summed E-state index contributed by atoms with van der Waals surface area (Å²) in [6, 6.07) is 13.7. The van der Waals surface area contributed by atoms with E-state index in [-0.39, 0.29) is 16.2 Å². The standard InChI is InChI=1S/C21H25NO5S/c1-21(2,3)18(20(24)27-4)22-19(23)16-10-8-9-15(13-16)14-28(25,26)17-11-6-5-7-12-17/h5-13,18H,14H2,1-4H3,(H,22,23)/t18-/m1/s1. The van der Waals surface area contributed by atoms with Crippen molar-refractivity contribution in [1.82, 2.24) is 5.32 Å². The second-order valence-corrected chi connectivity index (χ2v) is 9.56. The molecule has 2 aromatic rings. The summed E-state index contributed by atoms with van der Waals surface area (Å²) in [5, 5.41) is 2.68. The van der Waals surface area contributed by atoms with Crippen LogP contribution in [-0.4, -0.2) is 33.4 Å². The molecule has 7 heteroatoms. The van der Waals surface area contributed by atoms with Crippen LogP contribution in [0.4, 0.5) is 0 Å². The van der Waals surface area contributed by atoms with Gasteiger partial charge in [0.15, 0.2) is 9.84 Å².